The SMILES string of the molecule is CC=Cc1c(-c2nc3c(-c4cc(OC)c(OC)c(OC)c4)cccc3[nH]2)n[nH]c1C. The highest BCUT2D eigenvalue weighted by atomic mass is 16.5. The maximum Gasteiger partial charge on any atom is 0.203 e. The van der Waals surface area contributed by atoms with Gasteiger partial charge in [0.05, 0.1) is 32.4 Å². The summed E-state index contributed by atoms with van der Waals surface area (Å²) in [6, 6.07) is 9.87. The maximum atomic E-state index is 5.52. The van der Waals surface area contributed by atoms with Gasteiger partial charge in [0.25, 0.3) is 0 Å². The molecule has 0 aliphatic rings. The Morgan fingerprint density at radius 1 is 1.00 bits per heavy atom. The lowest BCUT2D eigenvalue weighted by Crippen LogP contribution is -1.96. The minimum atomic E-state index is 0.557. The number of imidazole rings is 1. The van der Waals surface area contributed by atoms with Gasteiger partial charge in [-0.2, -0.15) is 5.10 Å². The predicted octanol–water partition coefficient (Wildman–Crippen LogP) is 4.99. The lowest BCUT2D eigenvalue weighted by molar-refractivity contribution is 0.324. The van der Waals surface area contributed by atoms with Gasteiger partial charge in [0.1, 0.15) is 5.69 Å². The number of aromatic nitrogens is 4. The number of allylic oxidation sites excluding steroid dienone is 1. The van der Waals surface area contributed by atoms with Crippen LogP contribution in [0.3, 0.4) is 0 Å². The van der Waals surface area contributed by atoms with E-state index < -0.39 is 0 Å². The van der Waals surface area contributed by atoms with Gasteiger partial charge in [0.2, 0.25) is 5.75 Å². The van der Waals surface area contributed by atoms with Crippen LogP contribution in [0.2, 0.25) is 0 Å². The van der Waals surface area contributed by atoms with Crippen molar-refractivity contribution in [3.05, 3.63) is 47.7 Å². The summed E-state index contributed by atoms with van der Waals surface area (Å²) >= 11 is 0. The standard InChI is InChI=1S/C23H24N4O3/c1-6-8-15-13(2)26-27-21(15)23-24-17-10-7-9-16(20(17)25-23)14-11-18(28-3)22(30-5)19(12-14)29-4/h6-12H,1-5H3,(H,24,25)(H,26,27). The largest absolute Gasteiger partial charge is 0.493 e. The highest BCUT2D eigenvalue weighted by Crippen LogP contribution is 2.42. The molecule has 4 aromatic rings. The van der Waals surface area contributed by atoms with E-state index in [4.69, 9.17) is 19.2 Å². The van der Waals surface area contributed by atoms with Crippen molar-refractivity contribution >= 4 is 17.1 Å². The second-order valence-electron chi connectivity index (χ2n) is 6.81. The number of para-hydroxylation sites is 1. The molecule has 0 aliphatic heterocycles. The minimum Gasteiger partial charge on any atom is -0.493 e. The Labute approximate surface area is 174 Å². The van der Waals surface area contributed by atoms with Crippen LogP contribution in [-0.2, 0) is 0 Å². The molecule has 7 nitrogen and oxygen atoms in total. The number of hydrogen-bond donors (Lipinski definition) is 2. The summed E-state index contributed by atoms with van der Waals surface area (Å²) in [6.07, 6.45) is 4.02. The topological polar surface area (TPSA) is 85.0 Å². The van der Waals surface area contributed by atoms with Crippen LogP contribution >= 0.6 is 0 Å². The Bertz CT molecular complexity index is 1210. The van der Waals surface area contributed by atoms with Gasteiger partial charge in [0.15, 0.2) is 17.3 Å². The van der Waals surface area contributed by atoms with Crippen LogP contribution < -0.4 is 14.2 Å². The molecule has 0 atom stereocenters. The molecule has 0 spiro atoms. The zero-order chi connectivity index (χ0) is 21.3. The summed E-state index contributed by atoms with van der Waals surface area (Å²) in [5, 5.41) is 7.50. The molecule has 30 heavy (non-hydrogen) atoms. The third kappa shape index (κ3) is 3.18. The van der Waals surface area contributed by atoms with E-state index in [-0.39, 0.29) is 0 Å². The Morgan fingerprint density at radius 2 is 1.73 bits per heavy atom. The molecule has 0 unspecified atom stereocenters. The fourth-order valence-corrected chi connectivity index (χ4v) is 3.60. The molecular formula is C23H24N4O3. The van der Waals surface area contributed by atoms with E-state index >= 15 is 0 Å². The molecule has 2 aromatic heterocycles. The molecule has 2 heterocycles. The zero-order valence-corrected chi connectivity index (χ0v) is 17.7. The van der Waals surface area contributed by atoms with Gasteiger partial charge < -0.3 is 19.2 Å². The number of nitrogens with zero attached hydrogens (tertiary/aromatic N) is 2. The Morgan fingerprint density at radius 3 is 2.37 bits per heavy atom. The lowest BCUT2D eigenvalue weighted by atomic mass is 10.0. The molecule has 0 saturated heterocycles. The van der Waals surface area contributed by atoms with Crippen LogP contribution in [0.25, 0.3) is 39.8 Å². The highest BCUT2D eigenvalue weighted by molar-refractivity contribution is 5.94. The van der Waals surface area contributed by atoms with Crippen LogP contribution in [0.1, 0.15) is 18.2 Å². The van der Waals surface area contributed by atoms with Gasteiger partial charge in [0, 0.05) is 16.8 Å². The van der Waals surface area contributed by atoms with Crippen LogP contribution in [0, 0.1) is 6.92 Å². The van der Waals surface area contributed by atoms with E-state index in [1.807, 2.05) is 56.3 Å². The van der Waals surface area contributed by atoms with Crippen molar-refractivity contribution < 1.29 is 14.2 Å². The Balaban J connectivity index is 1.91. The van der Waals surface area contributed by atoms with Gasteiger partial charge in [-0.25, -0.2) is 4.98 Å². The smallest absolute Gasteiger partial charge is 0.203 e. The van der Waals surface area contributed by atoms with E-state index in [2.05, 4.69) is 15.2 Å². The summed E-state index contributed by atoms with van der Waals surface area (Å²) in [5.74, 6) is 2.46. The Kier molecular flexibility index (Phi) is 5.18. The molecule has 0 radical (unpaired) electrons. The number of fused-ring (bicyclic) bond motifs is 1. The maximum absolute atomic E-state index is 5.52. The second kappa shape index (κ2) is 7.94. The van der Waals surface area contributed by atoms with E-state index in [1.54, 1.807) is 21.3 Å². The summed E-state index contributed by atoms with van der Waals surface area (Å²) in [5.41, 5.74) is 6.43. The molecule has 2 N–H and O–H groups in total. The van der Waals surface area contributed by atoms with Gasteiger partial charge in [-0.15, -0.1) is 0 Å². The molecule has 0 fully saturated rings. The van der Waals surface area contributed by atoms with Gasteiger partial charge in [-0.3, -0.25) is 5.10 Å². The van der Waals surface area contributed by atoms with Gasteiger partial charge >= 0.3 is 0 Å². The number of rotatable bonds is 6. The van der Waals surface area contributed by atoms with Crippen molar-refractivity contribution in [1.29, 1.82) is 0 Å². The van der Waals surface area contributed by atoms with Crippen LogP contribution in [-0.4, -0.2) is 41.5 Å². The first-order valence-corrected chi connectivity index (χ1v) is 9.58. The van der Waals surface area contributed by atoms with Crippen molar-refractivity contribution in [3.8, 4) is 39.9 Å². The van der Waals surface area contributed by atoms with Crippen molar-refractivity contribution in [1.82, 2.24) is 20.2 Å². The van der Waals surface area contributed by atoms with Crippen molar-refractivity contribution in [2.24, 2.45) is 0 Å². The van der Waals surface area contributed by atoms with Gasteiger partial charge in [-0.1, -0.05) is 24.3 Å². The van der Waals surface area contributed by atoms with Crippen LogP contribution in [0.15, 0.2) is 36.4 Å². The number of aromatic amines is 2. The minimum absolute atomic E-state index is 0.557. The molecule has 0 aliphatic carbocycles. The van der Waals surface area contributed by atoms with E-state index in [1.165, 1.54) is 0 Å². The number of benzene rings is 2. The lowest BCUT2D eigenvalue weighted by Gasteiger charge is -2.14. The summed E-state index contributed by atoms with van der Waals surface area (Å²) in [7, 11) is 4.81. The average molecular weight is 404 g/mol. The molecule has 2 aromatic carbocycles. The van der Waals surface area contributed by atoms with Crippen molar-refractivity contribution in [2.45, 2.75) is 13.8 Å². The summed E-state index contributed by atoms with van der Waals surface area (Å²) < 4.78 is 16.5. The third-order valence-corrected chi connectivity index (χ3v) is 5.04. The number of hydrogen-bond acceptors (Lipinski definition) is 5. The molecule has 0 amide bonds. The zero-order valence-electron chi connectivity index (χ0n) is 17.7. The number of H-pyrrole nitrogens is 2. The quantitative estimate of drug-likeness (QED) is 0.473. The fraction of sp³-hybridized carbons (Fsp3) is 0.217. The van der Waals surface area contributed by atoms with Crippen molar-refractivity contribution in [2.75, 3.05) is 21.3 Å². The molecule has 4 rings (SSSR count). The first-order valence-electron chi connectivity index (χ1n) is 9.58. The number of methoxy groups -OCH3 is 3. The third-order valence-electron chi connectivity index (χ3n) is 5.04. The normalized spacial score (nSPS) is 11.4. The first kappa shape index (κ1) is 19.6. The van der Waals surface area contributed by atoms with Gasteiger partial charge in [-0.05, 0) is 37.6 Å². The fourth-order valence-electron chi connectivity index (χ4n) is 3.60. The number of aryl methyl sites for hydroxylation is 1. The molecule has 7 heteroatoms. The van der Waals surface area contributed by atoms with Crippen LogP contribution in [0.4, 0.5) is 0 Å². The summed E-state index contributed by atoms with van der Waals surface area (Å²) in [4.78, 5) is 8.28. The average Bonchev–Trinajstić information content (AvgIpc) is 3.36. The number of nitrogens with one attached hydrogen (secondary N) is 2. The molecular weight excluding hydrogens is 380 g/mol. The second-order valence-corrected chi connectivity index (χ2v) is 6.81. The molecule has 0 bridgehead atoms. The van der Waals surface area contributed by atoms with Crippen LogP contribution in [0.5, 0.6) is 17.2 Å². The molecule has 0 saturated carbocycles. The first-order chi connectivity index (χ1) is 14.6. The number of ether oxygens (including phenoxy) is 3. The molecule has 154 valence electrons. The van der Waals surface area contributed by atoms with E-state index in [9.17, 15) is 0 Å². The van der Waals surface area contributed by atoms with Crippen molar-refractivity contribution in [3.63, 3.8) is 0 Å². The Hall–Kier alpha value is -3.74. The monoisotopic (exact) mass is 404 g/mol. The summed E-state index contributed by atoms with van der Waals surface area (Å²) in [6.45, 7) is 3.98. The van der Waals surface area contributed by atoms with E-state index in [0.29, 0.717) is 23.1 Å². The predicted molar refractivity (Wildman–Crippen MR) is 118 cm³/mol. The van der Waals surface area contributed by atoms with E-state index in [0.717, 1.165) is 39.1 Å². The highest BCUT2D eigenvalue weighted by Gasteiger charge is 2.19.